The van der Waals surface area contributed by atoms with Crippen molar-refractivity contribution in [2.45, 2.75) is 13.0 Å². The molecule has 2 aromatic heterocycles. The molecule has 0 amide bonds. The number of nitrogens with zero attached hydrogens (tertiary/aromatic N) is 2. The quantitative estimate of drug-likeness (QED) is 0.595. The summed E-state index contributed by atoms with van der Waals surface area (Å²) < 4.78 is 2.16. The number of benzene rings is 2. The fraction of sp³-hybridized carbons (Fsp3) is 0.0952. The molecule has 2 N–H and O–H groups in total. The van der Waals surface area contributed by atoms with Crippen molar-refractivity contribution in [1.82, 2.24) is 9.55 Å². The van der Waals surface area contributed by atoms with E-state index in [4.69, 9.17) is 5.73 Å². The Bertz CT molecular complexity index is 968. The van der Waals surface area contributed by atoms with Gasteiger partial charge < -0.3 is 10.3 Å². The van der Waals surface area contributed by atoms with E-state index >= 15 is 0 Å². The summed E-state index contributed by atoms with van der Waals surface area (Å²) in [4.78, 5) is 4.25. The average molecular weight is 313 g/mol. The molecule has 0 aliphatic heterocycles. The minimum absolute atomic E-state index is 0.0469. The molecule has 3 nitrogen and oxygen atoms in total. The van der Waals surface area contributed by atoms with Crippen LogP contribution in [0.5, 0.6) is 0 Å². The summed E-state index contributed by atoms with van der Waals surface area (Å²) in [5, 5.41) is 2.33. The third-order valence-corrected chi connectivity index (χ3v) is 4.40. The highest BCUT2D eigenvalue weighted by atomic mass is 14.9. The van der Waals surface area contributed by atoms with Crippen LogP contribution in [0.15, 0.2) is 79.4 Å². The molecule has 118 valence electrons. The van der Waals surface area contributed by atoms with Crippen molar-refractivity contribution in [2.75, 3.05) is 0 Å². The number of nitrogens with two attached hydrogens (primary N) is 1. The van der Waals surface area contributed by atoms with E-state index in [0.717, 1.165) is 10.9 Å². The van der Waals surface area contributed by atoms with Crippen molar-refractivity contribution in [3.05, 3.63) is 84.9 Å². The lowest BCUT2D eigenvalue weighted by atomic mass is 9.97. The van der Waals surface area contributed by atoms with Crippen LogP contribution in [0.4, 0.5) is 0 Å². The third kappa shape index (κ3) is 2.49. The van der Waals surface area contributed by atoms with Crippen LogP contribution in [0, 0.1) is 0 Å². The van der Waals surface area contributed by atoms with Crippen molar-refractivity contribution in [3.8, 4) is 16.8 Å². The molecule has 2 aromatic carbocycles. The van der Waals surface area contributed by atoms with Crippen LogP contribution < -0.4 is 5.73 Å². The first kappa shape index (κ1) is 14.7. The summed E-state index contributed by atoms with van der Waals surface area (Å²) >= 11 is 0. The summed E-state index contributed by atoms with van der Waals surface area (Å²) in [7, 11) is 0. The molecule has 4 rings (SSSR count). The Morgan fingerprint density at radius 3 is 2.42 bits per heavy atom. The molecule has 0 bridgehead atoms. The van der Waals surface area contributed by atoms with Gasteiger partial charge in [-0.15, -0.1) is 0 Å². The van der Waals surface area contributed by atoms with Crippen LogP contribution in [0.3, 0.4) is 0 Å². The lowest BCUT2D eigenvalue weighted by Crippen LogP contribution is -2.04. The standard InChI is InChI=1S/C21H19N3/c1-15(22)16-4-6-17(7-5-16)19-9-8-18-14-23-11-10-20(18)21(19)24-12-2-3-13-24/h2-15H,22H2,1H3. The maximum atomic E-state index is 5.97. The van der Waals surface area contributed by atoms with Gasteiger partial charge in [-0.05, 0) is 36.2 Å². The molecule has 0 spiro atoms. The molecule has 2 heterocycles. The first-order valence-electron chi connectivity index (χ1n) is 8.10. The Morgan fingerprint density at radius 1 is 0.958 bits per heavy atom. The largest absolute Gasteiger partial charge is 0.324 e. The SMILES string of the molecule is CC(N)c1ccc(-c2ccc3cnccc3c2-n2cccc2)cc1. The fourth-order valence-corrected chi connectivity index (χ4v) is 3.11. The van der Waals surface area contributed by atoms with Crippen LogP contribution in [-0.4, -0.2) is 9.55 Å². The van der Waals surface area contributed by atoms with E-state index in [2.05, 4.69) is 64.4 Å². The van der Waals surface area contributed by atoms with Gasteiger partial charge >= 0.3 is 0 Å². The summed E-state index contributed by atoms with van der Waals surface area (Å²) in [6, 6.07) is 19.0. The fourth-order valence-electron chi connectivity index (χ4n) is 3.11. The van der Waals surface area contributed by atoms with Gasteiger partial charge in [0.25, 0.3) is 0 Å². The van der Waals surface area contributed by atoms with E-state index in [-0.39, 0.29) is 6.04 Å². The smallest absolute Gasteiger partial charge is 0.0607 e. The Labute approximate surface area is 141 Å². The number of fused-ring (bicyclic) bond motifs is 1. The molecule has 24 heavy (non-hydrogen) atoms. The van der Waals surface area contributed by atoms with Crippen molar-refractivity contribution < 1.29 is 0 Å². The Kier molecular flexibility index (Phi) is 3.63. The zero-order valence-corrected chi connectivity index (χ0v) is 13.6. The first-order chi connectivity index (χ1) is 11.7. The topological polar surface area (TPSA) is 43.8 Å². The summed E-state index contributed by atoms with van der Waals surface area (Å²) in [5.74, 6) is 0. The van der Waals surface area contributed by atoms with Gasteiger partial charge in [0.1, 0.15) is 0 Å². The molecule has 3 heteroatoms. The molecule has 0 saturated carbocycles. The average Bonchev–Trinajstić information content (AvgIpc) is 3.15. The Morgan fingerprint density at radius 2 is 1.71 bits per heavy atom. The number of pyridine rings is 1. The minimum Gasteiger partial charge on any atom is -0.324 e. The van der Waals surface area contributed by atoms with E-state index in [1.807, 2.05) is 31.5 Å². The van der Waals surface area contributed by atoms with Crippen LogP contribution in [0.2, 0.25) is 0 Å². The van der Waals surface area contributed by atoms with Gasteiger partial charge in [-0.3, -0.25) is 4.98 Å². The van der Waals surface area contributed by atoms with E-state index in [1.54, 1.807) is 0 Å². The highest BCUT2D eigenvalue weighted by Crippen LogP contribution is 2.33. The molecule has 4 aromatic rings. The minimum atomic E-state index is 0.0469. The zero-order chi connectivity index (χ0) is 16.5. The highest BCUT2D eigenvalue weighted by molar-refractivity contribution is 5.96. The third-order valence-electron chi connectivity index (χ3n) is 4.40. The molecule has 1 atom stereocenters. The summed E-state index contributed by atoms with van der Waals surface area (Å²) in [6.45, 7) is 2.00. The van der Waals surface area contributed by atoms with Gasteiger partial charge in [0.15, 0.2) is 0 Å². The van der Waals surface area contributed by atoms with Gasteiger partial charge in [-0.2, -0.15) is 0 Å². The predicted molar refractivity (Wildman–Crippen MR) is 99.1 cm³/mol. The second-order valence-electron chi connectivity index (χ2n) is 6.06. The molecule has 0 aliphatic rings. The predicted octanol–water partition coefficient (Wildman–Crippen LogP) is 4.71. The lowest BCUT2D eigenvalue weighted by Gasteiger charge is -2.15. The van der Waals surface area contributed by atoms with Crippen molar-refractivity contribution >= 4 is 10.8 Å². The van der Waals surface area contributed by atoms with Crippen LogP contribution in [0.25, 0.3) is 27.6 Å². The van der Waals surface area contributed by atoms with Gasteiger partial charge in [0, 0.05) is 47.2 Å². The monoisotopic (exact) mass is 313 g/mol. The molecule has 0 radical (unpaired) electrons. The molecular formula is C21H19N3. The van der Waals surface area contributed by atoms with Crippen molar-refractivity contribution in [1.29, 1.82) is 0 Å². The van der Waals surface area contributed by atoms with Gasteiger partial charge in [0.2, 0.25) is 0 Å². The van der Waals surface area contributed by atoms with Gasteiger partial charge in [-0.25, -0.2) is 0 Å². The van der Waals surface area contributed by atoms with E-state index in [1.165, 1.54) is 22.2 Å². The van der Waals surface area contributed by atoms with Crippen LogP contribution in [0.1, 0.15) is 18.5 Å². The second-order valence-corrected chi connectivity index (χ2v) is 6.06. The normalized spacial score (nSPS) is 12.4. The van der Waals surface area contributed by atoms with Gasteiger partial charge in [0.05, 0.1) is 5.69 Å². The van der Waals surface area contributed by atoms with Gasteiger partial charge in [-0.1, -0.05) is 36.4 Å². The van der Waals surface area contributed by atoms with E-state index in [9.17, 15) is 0 Å². The van der Waals surface area contributed by atoms with Crippen LogP contribution >= 0.6 is 0 Å². The van der Waals surface area contributed by atoms with Crippen molar-refractivity contribution in [2.24, 2.45) is 5.73 Å². The maximum Gasteiger partial charge on any atom is 0.0607 e. The molecular weight excluding hydrogens is 294 g/mol. The second kappa shape index (κ2) is 5.95. The number of rotatable bonds is 3. The Balaban J connectivity index is 1.96. The van der Waals surface area contributed by atoms with Crippen LogP contribution in [-0.2, 0) is 0 Å². The maximum absolute atomic E-state index is 5.97. The Hall–Kier alpha value is -2.91. The molecule has 1 unspecified atom stereocenters. The molecule has 0 saturated heterocycles. The zero-order valence-electron chi connectivity index (χ0n) is 13.6. The summed E-state index contributed by atoms with van der Waals surface area (Å²) in [5.41, 5.74) is 10.7. The highest BCUT2D eigenvalue weighted by Gasteiger charge is 2.11. The van der Waals surface area contributed by atoms with E-state index < -0.39 is 0 Å². The molecule has 0 aliphatic carbocycles. The molecule has 0 fully saturated rings. The first-order valence-corrected chi connectivity index (χ1v) is 8.10. The summed E-state index contributed by atoms with van der Waals surface area (Å²) in [6.07, 6.45) is 7.91. The van der Waals surface area contributed by atoms with E-state index in [0.29, 0.717) is 0 Å². The number of aromatic nitrogens is 2. The number of hydrogen-bond acceptors (Lipinski definition) is 2. The van der Waals surface area contributed by atoms with Crippen molar-refractivity contribution in [3.63, 3.8) is 0 Å². The lowest BCUT2D eigenvalue weighted by molar-refractivity contribution is 0.818. The number of hydrogen-bond donors (Lipinski definition) is 1.